The van der Waals surface area contributed by atoms with E-state index in [9.17, 15) is 9.90 Å². The molecule has 0 spiro atoms. The number of nitrogens with one attached hydrogen (secondary N) is 1. The average Bonchev–Trinajstić information content (AvgIpc) is 3.03. The highest BCUT2D eigenvalue weighted by atomic mass is 16.5. The van der Waals surface area contributed by atoms with Crippen molar-refractivity contribution in [1.29, 1.82) is 0 Å². The lowest BCUT2D eigenvalue weighted by Gasteiger charge is -2.10. The van der Waals surface area contributed by atoms with Gasteiger partial charge in [-0.3, -0.25) is 4.79 Å². The second-order valence-electron chi connectivity index (χ2n) is 5.41. The van der Waals surface area contributed by atoms with Crippen molar-refractivity contribution < 1.29 is 14.6 Å². The van der Waals surface area contributed by atoms with Crippen LogP contribution in [-0.4, -0.2) is 27.7 Å². The standard InChI is InChI=1S/C18H19N3O3/c1-24-17-7-6-14(10-13(17)11-22)20-18(23)8-9-21-12-19-15-4-2-3-5-16(15)21/h2-7,10,12,22H,8-9,11H2,1H3,(H,20,23). The lowest BCUT2D eigenvalue weighted by atomic mass is 10.2. The van der Waals surface area contributed by atoms with Gasteiger partial charge in [0.15, 0.2) is 0 Å². The fraction of sp³-hybridized carbons (Fsp3) is 0.222. The van der Waals surface area contributed by atoms with Crippen LogP contribution in [0.15, 0.2) is 48.8 Å². The number of carbonyl (C=O) groups is 1. The van der Waals surface area contributed by atoms with Gasteiger partial charge in [-0.1, -0.05) is 12.1 Å². The monoisotopic (exact) mass is 325 g/mol. The Kier molecular flexibility index (Phi) is 4.77. The number of imidazole rings is 1. The molecule has 0 unspecified atom stereocenters. The molecule has 3 aromatic rings. The number of hydrogen-bond acceptors (Lipinski definition) is 4. The Labute approximate surface area is 139 Å². The van der Waals surface area contributed by atoms with Gasteiger partial charge in [0.1, 0.15) is 5.75 Å². The first-order valence-corrected chi connectivity index (χ1v) is 7.69. The van der Waals surface area contributed by atoms with Gasteiger partial charge in [0, 0.05) is 24.2 Å². The van der Waals surface area contributed by atoms with Crippen molar-refractivity contribution in [2.45, 2.75) is 19.6 Å². The summed E-state index contributed by atoms with van der Waals surface area (Å²) in [5.41, 5.74) is 3.20. The number of para-hydroxylation sites is 2. The zero-order valence-electron chi connectivity index (χ0n) is 13.4. The van der Waals surface area contributed by atoms with Gasteiger partial charge in [-0.15, -0.1) is 0 Å². The van der Waals surface area contributed by atoms with E-state index in [1.54, 1.807) is 31.6 Å². The summed E-state index contributed by atoms with van der Waals surface area (Å²) >= 11 is 0. The molecule has 0 aliphatic carbocycles. The SMILES string of the molecule is COc1ccc(NC(=O)CCn2cnc3ccccc32)cc1CO. The Hall–Kier alpha value is -2.86. The summed E-state index contributed by atoms with van der Waals surface area (Å²) in [6, 6.07) is 13.0. The molecule has 2 N–H and O–H groups in total. The van der Waals surface area contributed by atoms with Crippen molar-refractivity contribution in [3.63, 3.8) is 0 Å². The molecule has 0 fully saturated rings. The Morgan fingerprint density at radius 3 is 2.92 bits per heavy atom. The fourth-order valence-electron chi connectivity index (χ4n) is 2.61. The van der Waals surface area contributed by atoms with E-state index in [4.69, 9.17) is 4.74 Å². The van der Waals surface area contributed by atoms with E-state index in [0.717, 1.165) is 11.0 Å². The van der Waals surface area contributed by atoms with E-state index < -0.39 is 0 Å². The first-order chi connectivity index (χ1) is 11.7. The molecule has 1 heterocycles. The third-order valence-electron chi connectivity index (χ3n) is 3.84. The van der Waals surface area contributed by atoms with E-state index in [2.05, 4.69) is 10.3 Å². The van der Waals surface area contributed by atoms with Crippen LogP contribution < -0.4 is 10.1 Å². The van der Waals surface area contributed by atoms with Crippen molar-refractivity contribution in [3.05, 3.63) is 54.4 Å². The highest BCUT2D eigenvalue weighted by Crippen LogP contribution is 2.22. The van der Waals surface area contributed by atoms with Crippen LogP contribution in [-0.2, 0) is 17.9 Å². The summed E-state index contributed by atoms with van der Waals surface area (Å²) in [7, 11) is 1.54. The molecule has 0 aliphatic heterocycles. The summed E-state index contributed by atoms with van der Waals surface area (Å²) in [6.07, 6.45) is 2.08. The number of anilines is 1. The molecular formula is C18H19N3O3. The van der Waals surface area contributed by atoms with Crippen molar-refractivity contribution in [1.82, 2.24) is 9.55 Å². The van der Waals surface area contributed by atoms with Crippen LogP contribution in [0.2, 0.25) is 0 Å². The van der Waals surface area contributed by atoms with Gasteiger partial charge < -0.3 is 19.7 Å². The fourth-order valence-corrected chi connectivity index (χ4v) is 2.61. The molecule has 1 amide bonds. The smallest absolute Gasteiger partial charge is 0.226 e. The number of ether oxygens (including phenoxy) is 1. The highest BCUT2D eigenvalue weighted by molar-refractivity contribution is 5.91. The molecule has 0 saturated heterocycles. The quantitative estimate of drug-likeness (QED) is 0.730. The molecule has 6 nitrogen and oxygen atoms in total. The highest BCUT2D eigenvalue weighted by Gasteiger charge is 2.08. The number of aromatic nitrogens is 2. The van der Waals surface area contributed by atoms with Crippen molar-refractivity contribution in [2.24, 2.45) is 0 Å². The van der Waals surface area contributed by atoms with Crippen LogP contribution in [0.4, 0.5) is 5.69 Å². The summed E-state index contributed by atoms with van der Waals surface area (Å²) in [5, 5.41) is 12.2. The predicted octanol–water partition coefficient (Wildman–Crippen LogP) is 2.57. The van der Waals surface area contributed by atoms with E-state index in [0.29, 0.717) is 30.0 Å². The lowest BCUT2D eigenvalue weighted by Crippen LogP contribution is -2.14. The zero-order valence-corrected chi connectivity index (χ0v) is 13.4. The number of amides is 1. The molecule has 0 bridgehead atoms. The van der Waals surface area contributed by atoms with Crippen molar-refractivity contribution >= 4 is 22.6 Å². The van der Waals surface area contributed by atoms with E-state index >= 15 is 0 Å². The van der Waals surface area contributed by atoms with E-state index in [1.807, 2.05) is 28.8 Å². The Balaban J connectivity index is 1.63. The molecule has 0 aliphatic rings. The molecular weight excluding hydrogens is 306 g/mol. The third-order valence-corrected chi connectivity index (χ3v) is 3.84. The number of carbonyl (C=O) groups excluding carboxylic acids is 1. The zero-order chi connectivity index (χ0) is 16.9. The molecule has 0 atom stereocenters. The predicted molar refractivity (Wildman–Crippen MR) is 91.9 cm³/mol. The van der Waals surface area contributed by atoms with Gasteiger partial charge >= 0.3 is 0 Å². The first-order valence-electron chi connectivity index (χ1n) is 7.69. The van der Waals surface area contributed by atoms with Gasteiger partial charge in [0.05, 0.1) is 31.1 Å². The summed E-state index contributed by atoms with van der Waals surface area (Å²) < 4.78 is 7.11. The summed E-state index contributed by atoms with van der Waals surface area (Å²) in [4.78, 5) is 16.5. The van der Waals surface area contributed by atoms with Crippen LogP contribution in [0.25, 0.3) is 11.0 Å². The maximum atomic E-state index is 12.2. The third kappa shape index (κ3) is 3.38. The van der Waals surface area contributed by atoms with Crippen molar-refractivity contribution in [3.8, 4) is 5.75 Å². The van der Waals surface area contributed by atoms with Gasteiger partial charge in [-0.2, -0.15) is 0 Å². The molecule has 6 heteroatoms. The second-order valence-corrected chi connectivity index (χ2v) is 5.41. The van der Waals surface area contributed by atoms with E-state index in [1.165, 1.54) is 0 Å². The summed E-state index contributed by atoms with van der Waals surface area (Å²) in [6.45, 7) is 0.406. The van der Waals surface area contributed by atoms with Gasteiger partial charge in [0.25, 0.3) is 0 Å². The van der Waals surface area contributed by atoms with Gasteiger partial charge in [-0.25, -0.2) is 4.98 Å². The largest absolute Gasteiger partial charge is 0.496 e. The van der Waals surface area contributed by atoms with Crippen LogP contribution in [0.5, 0.6) is 5.75 Å². The lowest BCUT2D eigenvalue weighted by molar-refractivity contribution is -0.116. The maximum Gasteiger partial charge on any atom is 0.226 e. The topological polar surface area (TPSA) is 76.4 Å². The van der Waals surface area contributed by atoms with Gasteiger partial charge in [-0.05, 0) is 30.3 Å². The number of rotatable bonds is 6. The number of hydrogen-bond donors (Lipinski definition) is 2. The van der Waals surface area contributed by atoms with Crippen molar-refractivity contribution in [2.75, 3.05) is 12.4 Å². The van der Waals surface area contributed by atoms with E-state index in [-0.39, 0.29) is 12.5 Å². The molecule has 0 saturated carbocycles. The number of nitrogens with zero attached hydrogens (tertiary/aromatic N) is 2. The average molecular weight is 325 g/mol. The molecule has 3 rings (SSSR count). The number of aliphatic hydroxyl groups excluding tert-OH is 1. The Bertz CT molecular complexity index is 858. The first kappa shape index (κ1) is 16.0. The molecule has 124 valence electrons. The molecule has 2 aromatic carbocycles. The van der Waals surface area contributed by atoms with Crippen LogP contribution in [0.1, 0.15) is 12.0 Å². The summed E-state index contributed by atoms with van der Waals surface area (Å²) in [5.74, 6) is 0.502. The molecule has 1 aromatic heterocycles. The number of aryl methyl sites for hydroxylation is 1. The number of aliphatic hydroxyl groups is 1. The second kappa shape index (κ2) is 7.14. The van der Waals surface area contributed by atoms with Crippen LogP contribution >= 0.6 is 0 Å². The minimum Gasteiger partial charge on any atom is -0.496 e. The van der Waals surface area contributed by atoms with Gasteiger partial charge in [0.2, 0.25) is 5.91 Å². The van der Waals surface area contributed by atoms with Crippen LogP contribution in [0, 0.1) is 0 Å². The van der Waals surface area contributed by atoms with Crippen LogP contribution in [0.3, 0.4) is 0 Å². The molecule has 24 heavy (non-hydrogen) atoms. The minimum atomic E-state index is -0.145. The number of fused-ring (bicyclic) bond motifs is 1. The number of methoxy groups -OCH3 is 1. The Morgan fingerprint density at radius 1 is 1.29 bits per heavy atom. The maximum absolute atomic E-state index is 12.2. The molecule has 0 radical (unpaired) electrons. The Morgan fingerprint density at radius 2 is 2.12 bits per heavy atom. The minimum absolute atomic E-state index is 0.0955. The number of benzene rings is 2. The normalized spacial score (nSPS) is 10.8.